The molecule has 1 heteroatoms. The Kier molecular flexibility index (Phi) is 2.76. The molecule has 0 amide bonds. The lowest BCUT2D eigenvalue weighted by Gasteiger charge is -2.35. The average molecular weight is 247 g/mol. The molecule has 1 nitrogen and oxygen atoms in total. The zero-order valence-corrected chi connectivity index (χ0v) is 12.1. The average Bonchev–Trinajstić information content (AvgIpc) is 2.78. The second-order valence-corrected chi connectivity index (χ2v) is 7.98. The zero-order chi connectivity index (χ0) is 12.3. The van der Waals surface area contributed by atoms with Crippen molar-refractivity contribution in [3.8, 4) is 0 Å². The lowest BCUT2D eigenvalue weighted by molar-refractivity contribution is 0.197. The fourth-order valence-corrected chi connectivity index (χ4v) is 5.96. The Balaban J connectivity index is 1.40. The van der Waals surface area contributed by atoms with Crippen molar-refractivity contribution in [2.24, 2.45) is 35.5 Å². The highest BCUT2D eigenvalue weighted by molar-refractivity contribution is 5.17. The van der Waals surface area contributed by atoms with Gasteiger partial charge in [0.05, 0.1) is 0 Å². The van der Waals surface area contributed by atoms with Crippen LogP contribution >= 0.6 is 0 Å². The maximum absolute atomic E-state index is 4.13. The van der Waals surface area contributed by atoms with E-state index in [0.717, 1.165) is 47.6 Å². The van der Waals surface area contributed by atoms with Crippen LogP contribution in [0.25, 0.3) is 0 Å². The molecule has 1 N–H and O–H groups in total. The van der Waals surface area contributed by atoms with Crippen molar-refractivity contribution in [3.05, 3.63) is 0 Å². The minimum absolute atomic E-state index is 0.855. The molecule has 2 bridgehead atoms. The van der Waals surface area contributed by atoms with E-state index in [2.05, 4.69) is 19.2 Å². The highest BCUT2D eigenvalue weighted by Crippen LogP contribution is 2.65. The number of rotatable bonds is 3. The van der Waals surface area contributed by atoms with Crippen molar-refractivity contribution < 1.29 is 0 Å². The third kappa shape index (κ3) is 1.69. The molecule has 6 atom stereocenters. The molecule has 18 heavy (non-hydrogen) atoms. The van der Waals surface area contributed by atoms with Gasteiger partial charge in [-0.2, -0.15) is 0 Å². The van der Waals surface area contributed by atoms with E-state index in [1.165, 1.54) is 25.7 Å². The largest absolute Gasteiger partial charge is 0.310 e. The Morgan fingerprint density at radius 3 is 2.22 bits per heavy atom. The van der Waals surface area contributed by atoms with Crippen LogP contribution in [0.3, 0.4) is 0 Å². The first-order chi connectivity index (χ1) is 8.75. The van der Waals surface area contributed by atoms with Gasteiger partial charge in [0, 0.05) is 12.1 Å². The minimum Gasteiger partial charge on any atom is -0.310 e. The van der Waals surface area contributed by atoms with Crippen LogP contribution in [-0.2, 0) is 0 Å². The summed E-state index contributed by atoms with van der Waals surface area (Å²) in [5, 5.41) is 4.13. The molecule has 4 saturated carbocycles. The molecule has 0 saturated heterocycles. The van der Waals surface area contributed by atoms with Gasteiger partial charge in [-0.1, -0.05) is 26.7 Å². The van der Waals surface area contributed by atoms with E-state index in [0.29, 0.717) is 0 Å². The molecule has 0 aliphatic heterocycles. The highest BCUT2D eigenvalue weighted by atomic mass is 15.1. The first-order valence-corrected chi connectivity index (χ1v) is 8.51. The summed E-state index contributed by atoms with van der Waals surface area (Å²) in [6.07, 6.45) is 10.6. The van der Waals surface area contributed by atoms with Gasteiger partial charge in [0.15, 0.2) is 0 Å². The summed E-state index contributed by atoms with van der Waals surface area (Å²) < 4.78 is 0. The molecule has 6 unspecified atom stereocenters. The Morgan fingerprint density at radius 2 is 1.56 bits per heavy atom. The molecule has 102 valence electrons. The zero-order valence-electron chi connectivity index (χ0n) is 12.1. The fraction of sp³-hybridized carbons (Fsp3) is 1.00. The summed E-state index contributed by atoms with van der Waals surface area (Å²) in [5.41, 5.74) is 0. The monoisotopic (exact) mass is 247 g/mol. The first kappa shape index (κ1) is 11.8. The fourth-order valence-electron chi connectivity index (χ4n) is 5.96. The highest BCUT2D eigenvalue weighted by Gasteiger charge is 2.65. The quantitative estimate of drug-likeness (QED) is 0.799. The molecule has 0 aromatic carbocycles. The Morgan fingerprint density at radius 1 is 0.889 bits per heavy atom. The smallest absolute Gasteiger partial charge is 0.0138 e. The molecule has 0 aromatic rings. The van der Waals surface area contributed by atoms with Crippen LogP contribution in [0.1, 0.15) is 58.8 Å². The van der Waals surface area contributed by atoms with Gasteiger partial charge in [-0.05, 0) is 67.6 Å². The first-order valence-electron chi connectivity index (χ1n) is 8.51. The Labute approximate surface area is 112 Å². The van der Waals surface area contributed by atoms with Crippen molar-refractivity contribution >= 4 is 0 Å². The molecule has 4 aliphatic rings. The van der Waals surface area contributed by atoms with E-state index in [1.807, 2.05) is 0 Å². The van der Waals surface area contributed by atoms with E-state index in [-0.39, 0.29) is 0 Å². The van der Waals surface area contributed by atoms with Crippen molar-refractivity contribution in [2.75, 3.05) is 0 Å². The van der Waals surface area contributed by atoms with Gasteiger partial charge in [0.25, 0.3) is 0 Å². The van der Waals surface area contributed by atoms with Crippen LogP contribution in [-0.4, -0.2) is 12.1 Å². The molecule has 0 radical (unpaired) electrons. The van der Waals surface area contributed by atoms with Crippen LogP contribution in [0.5, 0.6) is 0 Å². The van der Waals surface area contributed by atoms with Crippen LogP contribution in [0.15, 0.2) is 0 Å². The summed E-state index contributed by atoms with van der Waals surface area (Å²) in [6.45, 7) is 4.87. The second-order valence-electron chi connectivity index (χ2n) is 7.98. The third-order valence-electron chi connectivity index (χ3n) is 6.82. The van der Waals surface area contributed by atoms with Gasteiger partial charge in [-0.25, -0.2) is 0 Å². The molecule has 4 rings (SSSR count). The standard InChI is InChI=1S/C17H29N/c1-10(2)13-5-3-4-6-14(13)18-17-15-11-7-8-12(9-11)16(15)17/h10-18H,3-9H2,1-2H3. The summed E-state index contributed by atoms with van der Waals surface area (Å²) in [7, 11) is 0. The molecule has 4 aliphatic carbocycles. The van der Waals surface area contributed by atoms with Gasteiger partial charge in [-0.15, -0.1) is 0 Å². The Hall–Kier alpha value is -0.0400. The third-order valence-corrected chi connectivity index (χ3v) is 6.82. The molecular weight excluding hydrogens is 218 g/mol. The van der Waals surface area contributed by atoms with Crippen LogP contribution < -0.4 is 5.32 Å². The van der Waals surface area contributed by atoms with Crippen LogP contribution in [0.2, 0.25) is 0 Å². The topological polar surface area (TPSA) is 12.0 Å². The van der Waals surface area contributed by atoms with E-state index < -0.39 is 0 Å². The summed E-state index contributed by atoms with van der Waals surface area (Å²) >= 11 is 0. The maximum Gasteiger partial charge on any atom is 0.0138 e. The van der Waals surface area contributed by atoms with E-state index in [1.54, 1.807) is 19.3 Å². The van der Waals surface area contributed by atoms with Gasteiger partial charge in [0.2, 0.25) is 0 Å². The van der Waals surface area contributed by atoms with E-state index in [4.69, 9.17) is 0 Å². The van der Waals surface area contributed by atoms with Crippen molar-refractivity contribution in [1.29, 1.82) is 0 Å². The normalized spacial score (nSPS) is 53.8. The maximum atomic E-state index is 4.13. The lowest BCUT2D eigenvalue weighted by Crippen LogP contribution is -2.43. The van der Waals surface area contributed by atoms with Crippen LogP contribution in [0, 0.1) is 35.5 Å². The Bertz CT molecular complexity index is 308. The predicted octanol–water partition coefficient (Wildman–Crippen LogP) is 3.84. The summed E-state index contributed by atoms with van der Waals surface area (Å²) in [6, 6.07) is 1.80. The van der Waals surface area contributed by atoms with Gasteiger partial charge in [0.1, 0.15) is 0 Å². The van der Waals surface area contributed by atoms with Gasteiger partial charge < -0.3 is 5.32 Å². The molecule has 0 heterocycles. The predicted molar refractivity (Wildman–Crippen MR) is 75.3 cm³/mol. The number of hydrogen-bond acceptors (Lipinski definition) is 1. The van der Waals surface area contributed by atoms with Crippen LogP contribution in [0.4, 0.5) is 0 Å². The SMILES string of the molecule is CC(C)C1CCCCC1NC1C2C3CCC(C3)C12. The number of fused-ring (bicyclic) bond motifs is 5. The van der Waals surface area contributed by atoms with Gasteiger partial charge in [-0.3, -0.25) is 0 Å². The minimum atomic E-state index is 0.855. The lowest BCUT2D eigenvalue weighted by atomic mass is 9.77. The summed E-state index contributed by atoms with van der Waals surface area (Å²) in [4.78, 5) is 0. The number of nitrogens with one attached hydrogen (secondary N) is 1. The van der Waals surface area contributed by atoms with Crippen molar-refractivity contribution in [1.82, 2.24) is 5.32 Å². The number of hydrogen-bond donors (Lipinski definition) is 1. The van der Waals surface area contributed by atoms with E-state index in [9.17, 15) is 0 Å². The summed E-state index contributed by atoms with van der Waals surface area (Å²) in [5.74, 6) is 6.30. The molecule has 0 spiro atoms. The second kappa shape index (κ2) is 4.23. The van der Waals surface area contributed by atoms with Crippen molar-refractivity contribution in [2.45, 2.75) is 70.9 Å². The van der Waals surface area contributed by atoms with Gasteiger partial charge >= 0.3 is 0 Å². The molecular formula is C17H29N. The molecule has 4 fully saturated rings. The molecule has 0 aromatic heterocycles. The van der Waals surface area contributed by atoms with E-state index >= 15 is 0 Å². The van der Waals surface area contributed by atoms with Crippen molar-refractivity contribution in [3.63, 3.8) is 0 Å².